The van der Waals surface area contributed by atoms with Gasteiger partial charge in [0.1, 0.15) is 5.82 Å². The Morgan fingerprint density at radius 2 is 1.71 bits per heavy atom. The highest BCUT2D eigenvalue weighted by Crippen LogP contribution is 2.23. The zero-order valence-corrected chi connectivity index (χ0v) is 15.6. The molecule has 0 aliphatic carbocycles. The molecule has 3 aromatic rings. The Kier molecular flexibility index (Phi) is 5.61. The summed E-state index contributed by atoms with van der Waals surface area (Å²) in [5.74, 6) is 0.866. The van der Waals surface area contributed by atoms with Crippen LogP contribution in [0.1, 0.15) is 18.4 Å². The van der Waals surface area contributed by atoms with Gasteiger partial charge in [0.05, 0.1) is 6.20 Å². The third-order valence-corrected chi connectivity index (χ3v) is 4.78. The number of anilines is 4. The van der Waals surface area contributed by atoms with Crippen LogP contribution in [0.3, 0.4) is 0 Å². The van der Waals surface area contributed by atoms with E-state index >= 15 is 0 Å². The fourth-order valence-electron chi connectivity index (χ4n) is 3.29. The largest absolute Gasteiger partial charge is 0.372 e. The first-order valence-electron chi connectivity index (χ1n) is 9.56. The van der Waals surface area contributed by atoms with Gasteiger partial charge in [-0.05, 0) is 61.2 Å². The molecule has 1 aromatic heterocycles. The molecule has 1 aliphatic heterocycles. The molecular weight excluding hydrogens is 355 g/mol. The topological polar surface area (TPSA) is 66.0 Å². The van der Waals surface area contributed by atoms with E-state index in [-0.39, 0.29) is 5.82 Å². The number of aromatic nitrogens is 3. The summed E-state index contributed by atoms with van der Waals surface area (Å²) >= 11 is 0. The molecule has 0 radical (unpaired) electrons. The highest BCUT2D eigenvalue weighted by atomic mass is 19.1. The number of hydrogen-bond donors (Lipinski definition) is 2. The minimum absolute atomic E-state index is 0.225. The standard InChI is InChI=1S/C21H23FN6/c22-17-5-3-16(4-6-17)11-12-23-21-26-20(15-24-27-21)25-18-7-9-19(10-8-18)28-13-1-2-14-28/h3-10,15H,1-2,11-14H2,(H2,23,25,26,27). The van der Waals surface area contributed by atoms with E-state index in [2.05, 4.69) is 55.0 Å². The van der Waals surface area contributed by atoms with Crippen molar-refractivity contribution < 1.29 is 4.39 Å². The number of nitrogens with zero attached hydrogens (tertiary/aromatic N) is 4. The second-order valence-corrected chi connectivity index (χ2v) is 6.83. The van der Waals surface area contributed by atoms with Crippen molar-refractivity contribution >= 4 is 23.1 Å². The van der Waals surface area contributed by atoms with Gasteiger partial charge in [-0.15, -0.1) is 5.10 Å². The average molecular weight is 378 g/mol. The fourth-order valence-corrected chi connectivity index (χ4v) is 3.29. The first-order valence-corrected chi connectivity index (χ1v) is 9.56. The smallest absolute Gasteiger partial charge is 0.244 e. The summed E-state index contributed by atoms with van der Waals surface area (Å²) in [5.41, 5.74) is 3.27. The molecule has 0 amide bonds. The molecule has 2 N–H and O–H groups in total. The van der Waals surface area contributed by atoms with Gasteiger partial charge in [0.2, 0.25) is 5.95 Å². The molecule has 2 aromatic carbocycles. The first-order chi connectivity index (χ1) is 13.8. The van der Waals surface area contributed by atoms with Crippen molar-refractivity contribution in [3.8, 4) is 0 Å². The van der Waals surface area contributed by atoms with E-state index in [0.717, 1.165) is 30.8 Å². The lowest BCUT2D eigenvalue weighted by Gasteiger charge is -2.17. The summed E-state index contributed by atoms with van der Waals surface area (Å²) in [4.78, 5) is 6.85. The van der Waals surface area contributed by atoms with Crippen molar-refractivity contribution in [2.24, 2.45) is 0 Å². The van der Waals surface area contributed by atoms with Crippen LogP contribution in [0.15, 0.2) is 54.7 Å². The van der Waals surface area contributed by atoms with Crippen molar-refractivity contribution in [3.05, 3.63) is 66.1 Å². The zero-order chi connectivity index (χ0) is 19.2. The quantitative estimate of drug-likeness (QED) is 0.648. The molecule has 1 aliphatic rings. The number of benzene rings is 2. The second-order valence-electron chi connectivity index (χ2n) is 6.83. The van der Waals surface area contributed by atoms with Crippen LogP contribution in [0.5, 0.6) is 0 Å². The molecule has 1 fully saturated rings. The van der Waals surface area contributed by atoms with Gasteiger partial charge in [-0.3, -0.25) is 0 Å². The first kappa shape index (κ1) is 18.2. The van der Waals surface area contributed by atoms with Gasteiger partial charge in [-0.25, -0.2) is 4.39 Å². The van der Waals surface area contributed by atoms with Crippen LogP contribution < -0.4 is 15.5 Å². The molecule has 0 bridgehead atoms. The summed E-state index contributed by atoms with van der Waals surface area (Å²) in [6.45, 7) is 2.91. The zero-order valence-electron chi connectivity index (χ0n) is 15.6. The third-order valence-electron chi connectivity index (χ3n) is 4.78. The van der Waals surface area contributed by atoms with Crippen molar-refractivity contribution in [3.63, 3.8) is 0 Å². The van der Waals surface area contributed by atoms with Gasteiger partial charge in [0, 0.05) is 31.0 Å². The fraction of sp³-hybridized carbons (Fsp3) is 0.286. The van der Waals surface area contributed by atoms with Crippen molar-refractivity contribution in [1.29, 1.82) is 0 Å². The molecule has 6 nitrogen and oxygen atoms in total. The third kappa shape index (κ3) is 4.73. The van der Waals surface area contributed by atoms with Gasteiger partial charge >= 0.3 is 0 Å². The Bertz CT molecular complexity index is 892. The number of halogens is 1. The molecular formula is C21H23FN6. The van der Waals surface area contributed by atoms with Crippen LogP contribution in [-0.4, -0.2) is 34.8 Å². The minimum atomic E-state index is -0.225. The molecule has 7 heteroatoms. The summed E-state index contributed by atoms with van der Waals surface area (Å²) in [6.07, 6.45) is 4.88. The highest BCUT2D eigenvalue weighted by Gasteiger charge is 2.11. The van der Waals surface area contributed by atoms with E-state index in [1.807, 2.05) is 0 Å². The Labute approximate surface area is 163 Å². The summed E-state index contributed by atoms with van der Waals surface area (Å²) in [7, 11) is 0. The Balaban J connectivity index is 1.32. The Hall–Kier alpha value is -3.22. The maximum Gasteiger partial charge on any atom is 0.244 e. The number of hydrogen-bond acceptors (Lipinski definition) is 6. The van der Waals surface area contributed by atoms with E-state index in [0.29, 0.717) is 18.3 Å². The number of rotatable bonds is 7. The molecule has 1 saturated heterocycles. The maximum absolute atomic E-state index is 12.9. The van der Waals surface area contributed by atoms with Crippen LogP contribution in [-0.2, 0) is 6.42 Å². The van der Waals surface area contributed by atoms with Gasteiger partial charge in [0.15, 0.2) is 5.82 Å². The van der Waals surface area contributed by atoms with Gasteiger partial charge in [-0.2, -0.15) is 10.1 Å². The van der Waals surface area contributed by atoms with Gasteiger partial charge in [0.25, 0.3) is 0 Å². The lowest BCUT2D eigenvalue weighted by atomic mass is 10.1. The van der Waals surface area contributed by atoms with Gasteiger partial charge in [-0.1, -0.05) is 12.1 Å². The molecule has 28 heavy (non-hydrogen) atoms. The average Bonchev–Trinajstić information content (AvgIpc) is 3.25. The SMILES string of the molecule is Fc1ccc(CCNc2nncc(Nc3ccc(N4CCCC4)cc3)n2)cc1. The summed E-state index contributed by atoms with van der Waals surface area (Å²) < 4.78 is 12.9. The lowest BCUT2D eigenvalue weighted by Crippen LogP contribution is -2.17. The van der Waals surface area contributed by atoms with Crippen LogP contribution >= 0.6 is 0 Å². The predicted octanol–water partition coefficient (Wildman–Crippen LogP) is 4.01. The predicted molar refractivity (Wildman–Crippen MR) is 110 cm³/mol. The van der Waals surface area contributed by atoms with E-state index < -0.39 is 0 Å². The Morgan fingerprint density at radius 1 is 0.964 bits per heavy atom. The maximum atomic E-state index is 12.9. The van der Waals surface area contributed by atoms with E-state index in [1.165, 1.54) is 30.7 Å². The van der Waals surface area contributed by atoms with E-state index in [9.17, 15) is 4.39 Å². The monoisotopic (exact) mass is 378 g/mol. The molecule has 2 heterocycles. The molecule has 0 atom stereocenters. The summed E-state index contributed by atoms with van der Waals surface area (Å²) in [6, 6.07) is 14.8. The van der Waals surface area contributed by atoms with E-state index in [1.54, 1.807) is 18.3 Å². The van der Waals surface area contributed by atoms with E-state index in [4.69, 9.17) is 0 Å². The molecule has 0 saturated carbocycles. The normalized spacial score (nSPS) is 13.5. The minimum Gasteiger partial charge on any atom is -0.372 e. The number of nitrogens with one attached hydrogen (secondary N) is 2. The summed E-state index contributed by atoms with van der Waals surface area (Å²) in [5, 5.41) is 14.4. The molecule has 0 unspecified atom stereocenters. The highest BCUT2D eigenvalue weighted by molar-refractivity contribution is 5.61. The van der Waals surface area contributed by atoms with Gasteiger partial charge < -0.3 is 15.5 Å². The van der Waals surface area contributed by atoms with Crippen molar-refractivity contribution in [1.82, 2.24) is 15.2 Å². The molecule has 0 spiro atoms. The molecule has 144 valence electrons. The lowest BCUT2D eigenvalue weighted by molar-refractivity contribution is 0.627. The van der Waals surface area contributed by atoms with Crippen molar-refractivity contribution in [2.75, 3.05) is 35.2 Å². The Morgan fingerprint density at radius 3 is 2.46 bits per heavy atom. The van der Waals surface area contributed by atoms with Crippen LogP contribution in [0.25, 0.3) is 0 Å². The second kappa shape index (κ2) is 8.65. The van der Waals surface area contributed by atoms with Crippen LogP contribution in [0.4, 0.5) is 27.5 Å². The molecule has 4 rings (SSSR count). The van der Waals surface area contributed by atoms with Crippen molar-refractivity contribution in [2.45, 2.75) is 19.3 Å². The van der Waals surface area contributed by atoms with Crippen LogP contribution in [0.2, 0.25) is 0 Å². The van der Waals surface area contributed by atoms with Crippen LogP contribution in [0, 0.1) is 5.82 Å².